The highest BCUT2D eigenvalue weighted by Gasteiger charge is 2.36. The van der Waals surface area contributed by atoms with Crippen LogP contribution in [0.5, 0.6) is 11.5 Å². The fourth-order valence-electron chi connectivity index (χ4n) is 3.96. The Kier molecular flexibility index (Phi) is 14.6. The van der Waals surface area contributed by atoms with Gasteiger partial charge in [0.25, 0.3) is 0 Å². The van der Waals surface area contributed by atoms with E-state index in [4.69, 9.17) is 19.9 Å². The molecular formula is C29H45NO8. The van der Waals surface area contributed by atoms with Gasteiger partial charge in [-0.3, -0.25) is 19.2 Å². The summed E-state index contributed by atoms with van der Waals surface area (Å²) in [6.45, 7) is 11.3. The summed E-state index contributed by atoms with van der Waals surface area (Å²) >= 11 is 0. The molecule has 0 radical (unpaired) electrons. The van der Waals surface area contributed by atoms with E-state index in [-0.39, 0.29) is 42.6 Å². The summed E-state index contributed by atoms with van der Waals surface area (Å²) in [5.41, 5.74) is 6.58. The zero-order valence-electron chi connectivity index (χ0n) is 23.7. The number of hydrogen-bond acceptors (Lipinski definition) is 8. The number of unbranched alkanes of at least 4 members (excludes halogenated alkanes) is 2. The van der Waals surface area contributed by atoms with E-state index >= 15 is 0 Å². The van der Waals surface area contributed by atoms with Crippen LogP contribution in [0.1, 0.15) is 104 Å². The summed E-state index contributed by atoms with van der Waals surface area (Å²) in [7, 11) is 0. The molecule has 3 N–H and O–H groups in total. The van der Waals surface area contributed by atoms with Crippen LogP contribution in [0.3, 0.4) is 0 Å². The molecule has 0 aliphatic heterocycles. The quantitative estimate of drug-likeness (QED) is 0.199. The van der Waals surface area contributed by atoms with E-state index in [1.807, 2.05) is 27.7 Å². The maximum Gasteiger partial charge on any atom is 0.321 e. The van der Waals surface area contributed by atoms with E-state index in [1.54, 1.807) is 19.9 Å². The largest absolute Gasteiger partial charge is 0.480 e. The minimum absolute atomic E-state index is 0.0182. The highest BCUT2D eigenvalue weighted by molar-refractivity contribution is 5.77. The molecule has 0 spiro atoms. The molecule has 0 aliphatic rings. The first-order chi connectivity index (χ1) is 17.9. The Morgan fingerprint density at radius 2 is 1.42 bits per heavy atom. The van der Waals surface area contributed by atoms with Crippen LogP contribution in [-0.4, -0.2) is 41.1 Å². The van der Waals surface area contributed by atoms with Gasteiger partial charge in [-0.15, -0.1) is 0 Å². The number of aliphatic carboxylic acids is 1. The third-order valence-electron chi connectivity index (χ3n) is 6.78. The highest BCUT2D eigenvalue weighted by Crippen LogP contribution is 2.37. The molecule has 0 fully saturated rings. The number of nitrogens with two attached hydrogens (primary N) is 1. The van der Waals surface area contributed by atoms with E-state index < -0.39 is 41.9 Å². The standard InChI is InChI=1S/C29H45NO8/c1-7-10-12-24(31)37-22-15-14-21(17-23(22)38-25(32)13-11-8-2)27(28(30)29(34)35)19(5)20(6)36-26(33)16-18(4)9-3/h14-15,17-20,27-28H,7-13,16,30H2,1-6H3,(H,34,35)/t18?,19?,20?,27?,28-/m0/s1. The molecule has 38 heavy (non-hydrogen) atoms. The number of hydrogen-bond donors (Lipinski definition) is 2. The molecule has 0 amide bonds. The summed E-state index contributed by atoms with van der Waals surface area (Å²) in [5, 5.41) is 9.76. The van der Waals surface area contributed by atoms with Crippen molar-refractivity contribution in [1.82, 2.24) is 0 Å². The van der Waals surface area contributed by atoms with Crippen molar-refractivity contribution < 1.29 is 38.5 Å². The molecule has 0 aliphatic carbocycles. The van der Waals surface area contributed by atoms with Crippen LogP contribution in [0.2, 0.25) is 0 Å². The van der Waals surface area contributed by atoms with Crippen molar-refractivity contribution in [3.63, 3.8) is 0 Å². The first kappa shape index (κ1) is 33.1. The maximum absolute atomic E-state index is 12.4. The van der Waals surface area contributed by atoms with Gasteiger partial charge in [0.05, 0.1) is 0 Å². The number of ether oxygens (including phenoxy) is 3. The van der Waals surface area contributed by atoms with Crippen molar-refractivity contribution in [2.45, 2.75) is 111 Å². The highest BCUT2D eigenvalue weighted by atomic mass is 16.6. The lowest BCUT2D eigenvalue weighted by Crippen LogP contribution is -2.42. The van der Waals surface area contributed by atoms with Crippen LogP contribution in [-0.2, 0) is 23.9 Å². The topological polar surface area (TPSA) is 142 Å². The molecular weight excluding hydrogens is 490 g/mol. The summed E-state index contributed by atoms with van der Waals surface area (Å²) in [6.07, 6.45) is 3.76. The molecule has 0 heterocycles. The van der Waals surface area contributed by atoms with Gasteiger partial charge in [0.15, 0.2) is 11.5 Å². The van der Waals surface area contributed by atoms with Gasteiger partial charge in [0, 0.05) is 31.1 Å². The maximum atomic E-state index is 12.4. The molecule has 1 aromatic rings. The average molecular weight is 536 g/mol. The second kappa shape index (κ2) is 16.8. The second-order valence-electron chi connectivity index (χ2n) is 10.0. The average Bonchev–Trinajstić information content (AvgIpc) is 2.87. The van der Waals surface area contributed by atoms with E-state index in [2.05, 4.69) is 0 Å². The van der Waals surface area contributed by atoms with Crippen molar-refractivity contribution in [3.05, 3.63) is 23.8 Å². The Hall–Kier alpha value is -2.94. The van der Waals surface area contributed by atoms with E-state index in [0.29, 0.717) is 18.4 Å². The Balaban J connectivity index is 3.37. The predicted octanol–water partition coefficient (Wildman–Crippen LogP) is 5.38. The Bertz CT molecular complexity index is 931. The van der Waals surface area contributed by atoms with E-state index in [9.17, 15) is 24.3 Å². The first-order valence-corrected chi connectivity index (χ1v) is 13.7. The van der Waals surface area contributed by atoms with Crippen LogP contribution in [0.25, 0.3) is 0 Å². The van der Waals surface area contributed by atoms with Crippen molar-refractivity contribution >= 4 is 23.9 Å². The van der Waals surface area contributed by atoms with Gasteiger partial charge in [0.1, 0.15) is 12.1 Å². The van der Waals surface area contributed by atoms with Gasteiger partial charge >= 0.3 is 23.9 Å². The second-order valence-corrected chi connectivity index (χ2v) is 10.0. The molecule has 0 saturated heterocycles. The van der Waals surface area contributed by atoms with Crippen LogP contribution in [0.4, 0.5) is 0 Å². The first-order valence-electron chi connectivity index (χ1n) is 13.7. The van der Waals surface area contributed by atoms with Gasteiger partial charge in [-0.1, -0.05) is 59.9 Å². The number of benzene rings is 1. The predicted molar refractivity (Wildman–Crippen MR) is 144 cm³/mol. The molecule has 5 atom stereocenters. The third-order valence-corrected chi connectivity index (χ3v) is 6.78. The van der Waals surface area contributed by atoms with Gasteiger partial charge in [0.2, 0.25) is 0 Å². The molecule has 1 rings (SSSR count). The van der Waals surface area contributed by atoms with Crippen molar-refractivity contribution in [3.8, 4) is 11.5 Å². The summed E-state index contributed by atoms with van der Waals surface area (Å²) in [4.78, 5) is 49.1. The Labute approximate surface area is 226 Å². The zero-order chi connectivity index (χ0) is 28.8. The van der Waals surface area contributed by atoms with Crippen molar-refractivity contribution in [2.75, 3.05) is 0 Å². The molecule has 9 nitrogen and oxygen atoms in total. The molecule has 214 valence electrons. The van der Waals surface area contributed by atoms with Gasteiger partial charge in [-0.2, -0.15) is 0 Å². The Morgan fingerprint density at radius 1 is 0.868 bits per heavy atom. The number of carboxylic acid groups (broad SMARTS) is 1. The number of carboxylic acids is 1. The molecule has 0 aromatic heterocycles. The van der Waals surface area contributed by atoms with Gasteiger partial charge < -0.3 is 25.1 Å². The summed E-state index contributed by atoms with van der Waals surface area (Å²) < 4.78 is 16.7. The fraction of sp³-hybridized carbons (Fsp3) is 0.655. The molecule has 0 saturated carbocycles. The van der Waals surface area contributed by atoms with Crippen molar-refractivity contribution in [1.29, 1.82) is 0 Å². The van der Waals surface area contributed by atoms with Crippen LogP contribution in [0.15, 0.2) is 18.2 Å². The summed E-state index contributed by atoms with van der Waals surface area (Å²) in [5.74, 6) is -3.57. The Morgan fingerprint density at radius 3 is 1.92 bits per heavy atom. The third kappa shape index (κ3) is 10.8. The minimum atomic E-state index is -1.33. The fourth-order valence-corrected chi connectivity index (χ4v) is 3.96. The lowest BCUT2D eigenvalue weighted by Gasteiger charge is -2.32. The molecule has 1 aromatic carbocycles. The molecule has 9 heteroatoms. The molecule has 0 bridgehead atoms. The number of carbonyl (C=O) groups excluding carboxylic acids is 3. The van der Waals surface area contributed by atoms with Crippen LogP contribution >= 0.6 is 0 Å². The van der Waals surface area contributed by atoms with Gasteiger partial charge in [-0.05, 0) is 43.4 Å². The van der Waals surface area contributed by atoms with E-state index in [1.165, 1.54) is 12.1 Å². The van der Waals surface area contributed by atoms with Gasteiger partial charge in [-0.25, -0.2) is 0 Å². The molecule has 4 unspecified atom stereocenters. The number of esters is 3. The smallest absolute Gasteiger partial charge is 0.321 e. The zero-order valence-corrected chi connectivity index (χ0v) is 23.7. The van der Waals surface area contributed by atoms with Crippen molar-refractivity contribution in [2.24, 2.45) is 17.6 Å². The van der Waals surface area contributed by atoms with Crippen LogP contribution < -0.4 is 15.2 Å². The number of rotatable bonds is 17. The lowest BCUT2D eigenvalue weighted by molar-refractivity contribution is -0.152. The lowest BCUT2D eigenvalue weighted by atomic mass is 9.79. The number of carbonyl (C=O) groups is 4. The minimum Gasteiger partial charge on any atom is -0.480 e. The SMILES string of the molecule is CCCCC(=O)Oc1ccc(C(C(C)C(C)OC(=O)CC(C)CC)[C@H](N)C(=O)O)cc1OC(=O)CCCC. The van der Waals surface area contributed by atoms with Crippen LogP contribution in [0, 0.1) is 11.8 Å². The monoisotopic (exact) mass is 535 g/mol. The normalized spacial score (nSPS) is 15.0. The van der Waals surface area contributed by atoms with E-state index in [0.717, 1.165) is 19.3 Å². The summed E-state index contributed by atoms with van der Waals surface area (Å²) in [6, 6.07) is 3.24.